The lowest BCUT2D eigenvalue weighted by molar-refractivity contribution is -0.111. The van der Waals surface area contributed by atoms with Crippen LogP contribution in [0.3, 0.4) is 0 Å². The Labute approximate surface area is 93.1 Å². The van der Waals surface area contributed by atoms with Crippen molar-refractivity contribution in [3.05, 3.63) is 29.8 Å². The fourth-order valence-corrected chi connectivity index (χ4v) is 1.16. The highest BCUT2D eigenvalue weighted by molar-refractivity contribution is 7.80. The van der Waals surface area contributed by atoms with Crippen molar-refractivity contribution < 1.29 is 14.3 Å². The van der Waals surface area contributed by atoms with Crippen LogP contribution in [0.5, 0.6) is 5.75 Å². The van der Waals surface area contributed by atoms with Crippen LogP contribution < -0.4 is 4.74 Å². The molecule has 0 aliphatic carbocycles. The molecule has 0 saturated heterocycles. The number of thiocarbonyl (C=S) groups is 1. The largest absolute Gasteiger partial charge is 0.497 e. The summed E-state index contributed by atoms with van der Waals surface area (Å²) in [7, 11) is 1.55. The van der Waals surface area contributed by atoms with Gasteiger partial charge in [-0.05, 0) is 24.3 Å². The van der Waals surface area contributed by atoms with Crippen LogP contribution >= 0.6 is 12.2 Å². The van der Waals surface area contributed by atoms with Crippen LogP contribution in [-0.4, -0.2) is 24.0 Å². The van der Waals surface area contributed by atoms with Gasteiger partial charge in [-0.3, -0.25) is 9.59 Å². The summed E-state index contributed by atoms with van der Waals surface area (Å²) in [5.74, 6) is 0.0993. The number of rotatable bonds is 5. The average Bonchev–Trinajstić information content (AvgIpc) is 2.29. The molecule has 0 fully saturated rings. The smallest absolute Gasteiger partial charge is 0.174 e. The minimum absolute atomic E-state index is 0.171. The van der Waals surface area contributed by atoms with E-state index in [2.05, 4.69) is 12.2 Å². The van der Waals surface area contributed by atoms with Crippen molar-refractivity contribution in [1.82, 2.24) is 0 Å². The molecule has 0 N–H and O–H groups in total. The molecule has 1 aromatic rings. The molecule has 1 aromatic carbocycles. The van der Waals surface area contributed by atoms with E-state index in [1.54, 1.807) is 31.4 Å². The third-order valence-electron chi connectivity index (χ3n) is 1.88. The Morgan fingerprint density at radius 3 is 2.40 bits per heavy atom. The van der Waals surface area contributed by atoms with Crippen LogP contribution in [-0.2, 0) is 4.79 Å². The van der Waals surface area contributed by atoms with Crippen LogP contribution in [0, 0.1) is 0 Å². The van der Waals surface area contributed by atoms with Crippen molar-refractivity contribution >= 4 is 29.2 Å². The zero-order valence-electron chi connectivity index (χ0n) is 8.23. The van der Waals surface area contributed by atoms with E-state index in [0.717, 1.165) is 5.37 Å². The van der Waals surface area contributed by atoms with Gasteiger partial charge < -0.3 is 4.74 Å². The third-order valence-corrected chi connectivity index (χ3v) is 2.14. The van der Waals surface area contributed by atoms with E-state index >= 15 is 0 Å². The topological polar surface area (TPSA) is 43.4 Å². The molecule has 0 atom stereocenters. The van der Waals surface area contributed by atoms with Crippen molar-refractivity contribution in [3.8, 4) is 5.75 Å². The van der Waals surface area contributed by atoms with Crippen molar-refractivity contribution in [3.63, 3.8) is 0 Å². The van der Waals surface area contributed by atoms with Crippen molar-refractivity contribution in [1.29, 1.82) is 0 Å². The number of hydrogen-bond donors (Lipinski definition) is 0. The lowest BCUT2D eigenvalue weighted by Crippen LogP contribution is -2.07. The molecule has 15 heavy (non-hydrogen) atoms. The van der Waals surface area contributed by atoms with E-state index in [0.29, 0.717) is 11.3 Å². The van der Waals surface area contributed by atoms with Gasteiger partial charge in [-0.15, -0.1) is 0 Å². The summed E-state index contributed by atoms with van der Waals surface area (Å²) in [6.45, 7) is 0. The quantitative estimate of drug-likeness (QED) is 0.433. The van der Waals surface area contributed by atoms with Gasteiger partial charge in [0.15, 0.2) is 11.6 Å². The summed E-state index contributed by atoms with van der Waals surface area (Å²) in [5, 5.41) is 0.988. The Morgan fingerprint density at radius 2 is 1.93 bits per heavy atom. The van der Waals surface area contributed by atoms with Gasteiger partial charge >= 0.3 is 0 Å². The van der Waals surface area contributed by atoms with Gasteiger partial charge in [-0.2, -0.15) is 0 Å². The standard InChI is InChI=1S/C11H10O3S/c1-14-10-4-2-8(3-5-10)11(13)6-9(12)7-15/h2-5,7H,6H2,1H3. The Kier molecular flexibility index (Phi) is 4.12. The molecule has 0 saturated carbocycles. The first-order chi connectivity index (χ1) is 7.17. The van der Waals surface area contributed by atoms with Gasteiger partial charge in [0, 0.05) is 10.9 Å². The predicted molar refractivity (Wildman–Crippen MR) is 60.6 cm³/mol. The number of hydrogen-bond acceptors (Lipinski definition) is 4. The van der Waals surface area contributed by atoms with E-state index in [4.69, 9.17) is 4.74 Å². The molecule has 3 nitrogen and oxygen atoms in total. The van der Waals surface area contributed by atoms with Gasteiger partial charge in [0.2, 0.25) is 0 Å². The minimum atomic E-state index is -0.342. The Morgan fingerprint density at radius 1 is 1.33 bits per heavy atom. The molecule has 0 heterocycles. The van der Waals surface area contributed by atoms with E-state index in [9.17, 15) is 9.59 Å². The molecular formula is C11H10O3S. The molecule has 1 rings (SSSR count). The van der Waals surface area contributed by atoms with Gasteiger partial charge in [-0.1, -0.05) is 12.2 Å². The highest BCUT2D eigenvalue weighted by atomic mass is 32.1. The number of Topliss-reactive ketones (excluding diaryl/α,β-unsaturated/α-hetero) is 2. The second-order valence-corrected chi connectivity index (χ2v) is 3.15. The molecule has 78 valence electrons. The first kappa shape index (κ1) is 11.5. The van der Waals surface area contributed by atoms with Crippen LogP contribution in [0.4, 0.5) is 0 Å². The second-order valence-electron chi connectivity index (χ2n) is 2.91. The van der Waals surface area contributed by atoms with E-state index in [1.165, 1.54) is 0 Å². The number of carbonyl (C=O) groups excluding carboxylic acids is 2. The summed E-state index contributed by atoms with van der Waals surface area (Å²) in [6.07, 6.45) is -0.171. The maximum atomic E-state index is 11.5. The van der Waals surface area contributed by atoms with Crippen LogP contribution in [0.25, 0.3) is 0 Å². The molecule has 0 aromatic heterocycles. The lowest BCUT2D eigenvalue weighted by atomic mass is 10.1. The Bertz CT molecular complexity index is 381. The first-order valence-electron chi connectivity index (χ1n) is 4.32. The lowest BCUT2D eigenvalue weighted by Gasteiger charge is -2.01. The van der Waals surface area contributed by atoms with Crippen LogP contribution in [0.1, 0.15) is 16.8 Å². The molecule has 4 heteroatoms. The van der Waals surface area contributed by atoms with Crippen molar-refractivity contribution in [2.75, 3.05) is 7.11 Å². The van der Waals surface area contributed by atoms with E-state index < -0.39 is 0 Å². The summed E-state index contributed by atoms with van der Waals surface area (Å²) >= 11 is 4.44. The number of methoxy groups -OCH3 is 1. The van der Waals surface area contributed by atoms with Gasteiger partial charge in [-0.25, -0.2) is 0 Å². The van der Waals surface area contributed by atoms with Crippen LogP contribution in [0.15, 0.2) is 24.3 Å². The second kappa shape index (κ2) is 5.36. The molecule has 0 amide bonds. The highest BCUT2D eigenvalue weighted by Gasteiger charge is 2.09. The zero-order valence-corrected chi connectivity index (χ0v) is 9.04. The molecule has 0 unspecified atom stereocenters. The highest BCUT2D eigenvalue weighted by Crippen LogP contribution is 2.12. The summed E-state index contributed by atoms with van der Waals surface area (Å²) in [4.78, 5) is 22.4. The molecule has 0 radical (unpaired) electrons. The maximum Gasteiger partial charge on any atom is 0.174 e. The van der Waals surface area contributed by atoms with Crippen molar-refractivity contribution in [2.24, 2.45) is 0 Å². The number of carbonyl (C=O) groups is 2. The number of benzene rings is 1. The number of ketones is 2. The van der Waals surface area contributed by atoms with Gasteiger partial charge in [0.1, 0.15) is 5.75 Å². The fraction of sp³-hybridized carbons (Fsp3) is 0.182. The SMILES string of the molecule is COc1ccc(C(=O)CC(=O)C=S)cc1. The molecular weight excluding hydrogens is 212 g/mol. The maximum absolute atomic E-state index is 11.5. The van der Waals surface area contributed by atoms with Gasteiger partial charge in [0.05, 0.1) is 13.5 Å². The third kappa shape index (κ3) is 3.25. The van der Waals surface area contributed by atoms with Crippen LogP contribution in [0.2, 0.25) is 0 Å². The molecule has 0 aliphatic heterocycles. The monoisotopic (exact) mass is 222 g/mol. The summed E-state index contributed by atoms with van der Waals surface area (Å²) in [5.41, 5.74) is 0.487. The number of ether oxygens (including phenoxy) is 1. The molecule has 0 aliphatic rings. The molecule has 0 bridgehead atoms. The van der Waals surface area contributed by atoms with E-state index in [1.807, 2.05) is 0 Å². The summed E-state index contributed by atoms with van der Waals surface area (Å²) in [6, 6.07) is 6.60. The van der Waals surface area contributed by atoms with Crippen molar-refractivity contribution in [2.45, 2.75) is 6.42 Å². The minimum Gasteiger partial charge on any atom is -0.497 e. The van der Waals surface area contributed by atoms with E-state index in [-0.39, 0.29) is 18.0 Å². The fourth-order valence-electron chi connectivity index (χ4n) is 1.08. The average molecular weight is 222 g/mol. The molecule has 0 spiro atoms. The normalized spacial score (nSPS) is 9.40. The Balaban J connectivity index is 2.74. The Hall–Kier alpha value is -1.55. The first-order valence-corrected chi connectivity index (χ1v) is 4.79. The predicted octanol–water partition coefficient (Wildman–Crippen LogP) is 1.84. The zero-order chi connectivity index (χ0) is 11.3. The van der Waals surface area contributed by atoms with Gasteiger partial charge in [0.25, 0.3) is 0 Å². The summed E-state index contributed by atoms with van der Waals surface area (Å²) < 4.78 is 4.95.